The van der Waals surface area contributed by atoms with Crippen molar-refractivity contribution >= 4 is 11.9 Å². The summed E-state index contributed by atoms with van der Waals surface area (Å²) in [7, 11) is 1.76. The molecule has 1 fully saturated rings. The summed E-state index contributed by atoms with van der Waals surface area (Å²) in [6.45, 7) is 1.68. The van der Waals surface area contributed by atoms with Gasteiger partial charge in [0, 0.05) is 31.7 Å². The molecule has 0 bridgehead atoms. The van der Waals surface area contributed by atoms with Crippen LogP contribution in [0.15, 0.2) is 24.3 Å². The average molecular weight is 293 g/mol. The number of ether oxygens (including phenoxy) is 2. The van der Waals surface area contributed by atoms with Gasteiger partial charge in [-0.25, -0.2) is 4.79 Å². The molecule has 0 saturated carbocycles. The first kappa shape index (κ1) is 15.3. The number of carbonyl (C=O) groups is 2. The third kappa shape index (κ3) is 4.46. The van der Waals surface area contributed by atoms with E-state index in [0.717, 1.165) is 13.0 Å². The number of hydrogen-bond donors (Lipinski definition) is 1. The maximum absolute atomic E-state index is 12.3. The zero-order valence-corrected chi connectivity index (χ0v) is 11.9. The molecule has 1 amide bonds. The summed E-state index contributed by atoms with van der Waals surface area (Å²) >= 11 is 0. The Balaban J connectivity index is 1.97. The third-order valence-corrected chi connectivity index (χ3v) is 3.35. The molecule has 0 aromatic heterocycles. The van der Waals surface area contributed by atoms with E-state index in [9.17, 15) is 9.59 Å². The normalized spacial score (nSPS) is 17.5. The van der Waals surface area contributed by atoms with E-state index in [1.807, 2.05) is 0 Å². The molecule has 1 aliphatic rings. The highest BCUT2D eigenvalue weighted by molar-refractivity contribution is 5.94. The second-order valence-electron chi connectivity index (χ2n) is 5.13. The molecule has 1 aromatic rings. The Morgan fingerprint density at radius 3 is 2.95 bits per heavy atom. The van der Waals surface area contributed by atoms with Crippen LogP contribution in [0, 0.1) is 5.92 Å². The molecule has 2 rings (SSSR count). The lowest BCUT2D eigenvalue weighted by atomic mass is 10.1. The molecular weight excluding hydrogens is 274 g/mol. The number of hydrogen-bond acceptors (Lipinski definition) is 4. The first-order valence-electron chi connectivity index (χ1n) is 6.84. The van der Waals surface area contributed by atoms with Crippen LogP contribution >= 0.6 is 0 Å². The minimum Gasteiger partial charge on any atom is -0.482 e. The van der Waals surface area contributed by atoms with Crippen molar-refractivity contribution in [2.75, 3.05) is 33.4 Å². The summed E-state index contributed by atoms with van der Waals surface area (Å²) in [5, 5.41) is 8.59. The van der Waals surface area contributed by atoms with Gasteiger partial charge in [-0.05, 0) is 24.6 Å². The zero-order chi connectivity index (χ0) is 15.2. The van der Waals surface area contributed by atoms with Crippen LogP contribution in [0.5, 0.6) is 5.75 Å². The van der Waals surface area contributed by atoms with Crippen LogP contribution in [0.4, 0.5) is 0 Å². The molecule has 1 heterocycles. The van der Waals surface area contributed by atoms with Gasteiger partial charge in [0.05, 0.1) is 6.61 Å². The van der Waals surface area contributed by atoms with Crippen molar-refractivity contribution in [1.82, 2.24) is 4.90 Å². The molecule has 21 heavy (non-hydrogen) atoms. The standard InChI is InChI=1S/C15H19NO5/c1-16(8-11-5-6-20-9-11)15(19)12-3-2-4-13(7-12)21-10-14(17)18/h2-4,7,11H,5-6,8-10H2,1H3,(H,17,18). The van der Waals surface area contributed by atoms with E-state index in [-0.39, 0.29) is 5.91 Å². The fourth-order valence-electron chi connectivity index (χ4n) is 2.28. The molecule has 1 saturated heterocycles. The highest BCUT2D eigenvalue weighted by Gasteiger charge is 2.21. The predicted octanol–water partition coefficient (Wildman–Crippen LogP) is 1.26. The highest BCUT2D eigenvalue weighted by Crippen LogP contribution is 2.17. The molecule has 0 radical (unpaired) electrons. The lowest BCUT2D eigenvalue weighted by molar-refractivity contribution is -0.139. The Bertz CT molecular complexity index is 511. The van der Waals surface area contributed by atoms with Gasteiger partial charge in [-0.15, -0.1) is 0 Å². The SMILES string of the molecule is CN(CC1CCOC1)C(=O)c1cccc(OCC(=O)O)c1. The van der Waals surface area contributed by atoms with Crippen LogP contribution < -0.4 is 4.74 Å². The number of carboxylic acid groups (broad SMARTS) is 1. The number of amides is 1. The fraction of sp³-hybridized carbons (Fsp3) is 0.467. The number of carbonyl (C=O) groups excluding carboxylic acids is 1. The van der Waals surface area contributed by atoms with Crippen LogP contribution in [-0.4, -0.2) is 55.3 Å². The maximum atomic E-state index is 12.3. The van der Waals surface area contributed by atoms with Crippen molar-refractivity contribution in [1.29, 1.82) is 0 Å². The van der Waals surface area contributed by atoms with Crippen molar-refractivity contribution < 1.29 is 24.2 Å². The minimum atomic E-state index is -1.05. The van der Waals surface area contributed by atoms with E-state index >= 15 is 0 Å². The van der Waals surface area contributed by atoms with Gasteiger partial charge in [-0.3, -0.25) is 4.79 Å². The quantitative estimate of drug-likeness (QED) is 0.854. The van der Waals surface area contributed by atoms with Crippen molar-refractivity contribution in [3.63, 3.8) is 0 Å². The second-order valence-corrected chi connectivity index (χ2v) is 5.13. The van der Waals surface area contributed by atoms with Crippen LogP contribution in [0.25, 0.3) is 0 Å². The Labute approximate surface area is 123 Å². The molecule has 1 N–H and O–H groups in total. The molecular formula is C15H19NO5. The summed E-state index contributed by atoms with van der Waals surface area (Å²) in [6.07, 6.45) is 0.972. The lowest BCUT2D eigenvalue weighted by Crippen LogP contribution is -2.32. The monoisotopic (exact) mass is 293 g/mol. The molecule has 0 aliphatic carbocycles. The van der Waals surface area contributed by atoms with Gasteiger partial charge in [-0.1, -0.05) is 6.07 Å². The molecule has 0 spiro atoms. The van der Waals surface area contributed by atoms with Gasteiger partial charge < -0.3 is 19.5 Å². The highest BCUT2D eigenvalue weighted by atomic mass is 16.5. The molecule has 1 aliphatic heterocycles. The first-order valence-corrected chi connectivity index (χ1v) is 6.84. The maximum Gasteiger partial charge on any atom is 0.341 e. The fourth-order valence-corrected chi connectivity index (χ4v) is 2.28. The second kappa shape index (κ2) is 7.08. The van der Waals surface area contributed by atoms with Crippen LogP contribution in [0.3, 0.4) is 0 Å². The van der Waals surface area contributed by atoms with Gasteiger partial charge in [0.1, 0.15) is 5.75 Å². The van der Waals surface area contributed by atoms with E-state index < -0.39 is 12.6 Å². The van der Waals surface area contributed by atoms with Crippen molar-refractivity contribution in [2.24, 2.45) is 5.92 Å². The molecule has 1 unspecified atom stereocenters. The molecule has 6 heteroatoms. The molecule has 1 aromatic carbocycles. The number of benzene rings is 1. The van der Waals surface area contributed by atoms with Gasteiger partial charge in [0.25, 0.3) is 5.91 Å². The Kier molecular flexibility index (Phi) is 5.16. The Hall–Kier alpha value is -2.08. The van der Waals surface area contributed by atoms with Crippen molar-refractivity contribution in [3.8, 4) is 5.75 Å². The van der Waals surface area contributed by atoms with E-state index in [1.54, 1.807) is 36.2 Å². The van der Waals surface area contributed by atoms with Gasteiger partial charge in [0.15, 0.2) is 6.61 Å². The third-order valence-electron chi connectivity index (χ3n) is 3.35. The number of nitrogens with zero attached hydrogens (tertiary/aromatic N) is 1. The topological polar surface area (TPSA) is 76.1 Å². The largest absolute Gasteiger partial charge is 0.482 e. The van der Waals surface area contributed by atoms with Crippen LogP contribution in [-0.2, 0) is 9.53 Å². The summed E-state index contributed by atoms with van der Waals surface area (Å²) in [5.74, 6) is -0.404. The minimum absolute atomic E-state index is 0.109. The van der Waals surface area contributed by atoms with Crippen molar-refractivity contribution in [3.05, 3.63) is 29.8 Å². The number of rotatable bonds is 6. The van der Waals surface area contributed by atoms with Crippen molar-refractivity contribution in [2.45, 2.75) is 6.42 Å². The Morgan fingerprint density at radius 2 is 2.29 bits per heavy atom. The summed E-state index contributed by atoms with van der Waals surface area (Å²) in [6, 6.07) is 6.56. The van der Waals surface area contributed by atoms with Gasteiger partial charge in [0.2, 0.25) is 0 Å². The van der Waals surface area contributed by atoms with Gasteiger partial charge in [-0.2, -0.15) is 0 Å². The van der Waals surface area contributed by atoms with E-state index in [2.05, 4.69) is 0 Å². The molecule has 1 atom stereocenters. The molecule has 6 nitrogen and oxygen atoms in total. The first-order chi connectivity index (χ1) is 10.1. The van der Waals surface area contributed by atoms with Gasteiger partial charge >= 0.3 is 5.97 Å². The van der Waals surface area contributed by atoms with E-state index in [1.165, 1.54) is 0 Å². The number of aliphatic carboxylic acids is 1. The summed E-state index contributed by atoms with van der Waals surface area (Å²) in [4.78, 5) is 24.5. The summed E-state index contributed by atoms with van der Waals surface area (Å²) in [5.41, 5.74) is 0.485. The Morgan fingerprint density at radius 1 is 1.48 bits per heavy atom. The van der Waals surface area contributed by atoms with Crippen LogP contribution in [0.2, 0.25) is 0 Å². The average Bonchev–Trinajstić information content (AvgIpc) is 2.97. The number of carboxylic acids is 1. The predicted molar refractivity (Wildman–Crippen MR) is 75.5 cm³/mol. The molecule has 114 valence electrons. The summed E-state index contributed by atoms with van der Waals surface area (Å²) < 4.78 is 10.4. The smallest absolute Gasteiger partial charge is 0.341 e. The van der Waals surface area contributed by atoms with E-state index in [4.69, 9.17) is 14.6 Å². The van der Waals surface area contributed by atoms with Crippen LogP contribution in [0.1, 0.15) is 16.8 Å². The zero-order valence-electron chi connectivity index (χ0n) is 11.9. The lowest BCUT2D eigenvalue weighted by Gasteiger charge is -2.20. The van der Waals surface area contributed by atoms with E-state index in [0.29, 0.717) is 30.4 Å².